The predicted molar refractivity (Wildman–Crippen MR) is 96.6 cm³/mol. The van der Waals surface area contributed by atoms with Gasteiger partial charge >= 0.3 is 0 Å². The third kappa shape index (κ3) is 3.07. The molecule has 5 heteroatoms. The van der Waals surface area contributed by atoms with E-state index in [1.165, 1.54) is 6.08 Å². The van der Waals surface area contributed by atoms with Crippen LogP contribution in [0.3, 0.4) is 0 Å². The van der Waals surface area contributed by atoms with Crippen LogP contribution in [-0.2, 0) is 9.59 Å². The lowest BCUT2D eigenvalue weighted by atomic mass is 9.51. The van der Waals surface area contributed by atoms with Crippen molar-refractivity contribution in [1.82, 2.24) is 0 Å². The van der Waals surface area contributed by atoms with Gasteiger partial charge in [-0.2, -0.15) is 10.5 Å². The molecule has 26 heavy (non-hydrogen) atoms. The second-order valence-corrected chi connectivity index (χ2v) is 7.24. The van der Waals surface area contributed by atoms with Crippen molar-refractivity contribution in [1.29, 1.82) is 10.5 Å². The maximum atomic E-state index is 12.4. The molecule has 0 spiro atoms. The van der Waals surface area contributed by atoms with E-state index in [2.05, 4.69) is 11.8 Å². The average Bonchev–Trinajstić information content (AvgIpc) is 2.59. The molecule has 5 nitrogen and oxygen atoms in total. The Balaban J connectivity index is 2.79. The van der Waals surface area contributed by atoms with Crippen molar-refractivity contribution in [3.8, 4) is 24.0 Å². The van der Waals surface area contributed by atoms with Crippen molar-refractivity contribution >= 4 is 12.1 Å². The van der Waals surface area contributed by atoms with Gasteiger partial charge in [-0.05, 0) is 43.4 Å². The van der Waals surface area contributed by atoms with Crippen LogP contribution in [0.2, 0.25) is 0 Å². The van der Waals surface area contributed by atoms with Crippen LogP contribution < -0.4 is 5.73 Å². The van der Waals surface area contributed by atoms with Gasteiger partial charge in [-0.25, -0.2) is 0 Å². The van der Waals surface area contributed by atoms with Crippen LogP contribution in [0.15, 0.2) is 35.1 Å². The van der Waals surface area contributed by atoms with E-state index in [9.17, 15) is 14.9 Å². The predicted octanol–water partition coefficient (Wildman–Crippen LogP) is 2.57. The summed E-state index contributed by atoms with van der Waals surface area (Å²) in [7, 11) is 0. The number of ketones is 1. The van der Waals surface area contributed by atoms with E-state index in [1.807, 2.05) is 32.1 Å². The zero-order chi connectivity index (χ0) is 19.5. The summed E-state index contributed by atoms with van der Waals surface area (Å²) in [6, 6.07) is 3.74. The maximum Gasteiger partial charge on any atom is 0.196 e. The first-order valence-corrected chi connectivity index (χ1v) is 8.45. The Morgan fingerprint density at radius 3 is 2.69 bits per heavy atom. The lowest BCUT2D eigenvalue weighted by Gasteiger charge is -2.51. The third-order valence-corrected chi connectivity index (χ3v) is 5.45. The van der Waals surface area contributed by atoms with Crippen LogP contribution in [0.4, 0.5) is 0 Å². The monoisotopic (exact) mass is 347 g/mol. The number of aldehydes is 1. The Kier molecular flexibility index (Phi) is 5.20. The standard InChI is InChI=1S/C21H21N3O2/c1-14(13-25)17-5-7-21(6-4-8-22)11-16(12-23)18(26)9-19(21)20(17,3)10-15(2)24/h9-11,13-14,17H,5,7,24H2,1-3H3/b15-10+. The van der Waals surface area contributed by atoms with Crippen LogP contribution in [0.25, 0.3) is 0 Å². The van der Waals surface area contributed by atoms with Gasteiger partial charge in [-0.1, -0.05) is 25.8 Å². The number of nitrogens with zero attached hydrogens (tertiary/aromatic N) is 2. The minimum atomic E-state index is -0.880. The Morgan fingerprint density at radius 2 is 2.15 bits per heavy atom. The fourth-order valence-corrected chi connectivity index (χ4v) is 4.41. The molecule has 1 saturated carbocycles. The highest BCUT2D eigenvalue weighted by atomic mass is 16.1. The summed E-state index contributed by atoms with van der Waals surface area (Å²) in [4.78, 5) is 23.9. The Bertz CT molecular complexity index is 881. The smallest absolute Gasteiger partial charge is 0.196 e. The molecule has 0 radical (unpaired) electrons. The number of fused-ring (bicyclic) bond motifs is 1. The highest BCUT2D eigenvalue weighted by molar-refractivity contribution is 6.09. The Hall–Kier alpha value is -3.10. The molecule has 2 N–H and O–H groups in total. The molecule has 0 aromatic heterocycles. The molecule has 132 valence electrons. The number of nitriles is 2. The summed E-state index contributed by atoms with van der Waals surface area (Å²) in [5.41, 5.74) is 5.70. The summed E-state index contributed by atoms with van der Waals surface area (Å²) >= 11 is 0. The largest absolute Gasteiger partial charge is 0.402 e. The van der Waals surface area contributed by atoms with Crippen molar-refractivity contribution in [2.24, 2.45) is 28.4 Å². The van der Waals surface area contributed by atoms with Gasteiger partial charge in [0.15, 0.2) is 11.9 Å². The van der Waals surface area contributed by atoms with Gasteiger partial charge in [0.25, 0.3) is 0 Å². The number of carbonyl (C=O) groups is 2. The molecule has 1 fully saturated rings. The zero-order valence-electron chi connectivity index (χ0n) is 15.2. The van der Waals surface area contributed by atoms with E-state index in [0.717, 1.165) is 6.29 Å². The molecule has 0 heterocycles. The molecule has 2 aliphatic rings. The van der Waals surface area contributed by atoms with Crippen molar-refractivity contribution in [3.63, 3.8) is 0 Å². The lowest BCUT2D eigenvalue weighted by molar-refractivity contribution is -0.113. The van der Waals surface area contributed by atoms with Gasteiger partial charge in [-0.15, -0.1) is 0 Å². The van der Waals surface area contributed by atoms with E-state index in [-0.39, 0.29) is 23.2 Å². The number of rotatable bonds is 3. The molecule has 0 bridgehead atoms. The molecule has 4 unspecified atom stereocenters. The van der Waals surface area contributed by atoms with Crippen LogP contribution in [0, 0.1) is 57.2 Å². The molecule has 0 aliphatic heterocycles. The number of hydrogen-bond donors (Lipinski definition) is 1. The Labute approximate surface area is 153 Å². The van der Waals surface area contributed by atoms with Gasteiger partial charge in [0.05, 0.1) is 11.0 Å². The van der Waals surface area contributed by atoms with Crippen molar-refractivity contribution in [3.05, 3.63) is 35.1 Å². The van der Waals surface area contributed by atoms with E-state index in [0.29, 0.717) is 24.1 Å². The first kappa shape index (κ1) is 19.2. The topological polar surface area (TPSA) is 108 Å². The number of hydrogen-bond acceptors (Lipinski definition) is 5. The van der Waals surface area contributed by atoms with Crippen LogP contribution in [-0.4, -0.2) is 12.1 Å². The average molecular weight is 347 g/mol. The quantitative estimate of drug-likeness (QED) is 0.623. The van der Waals surface area contributed by atoms with E-state index in [4.69, 9.17) is 11.0 Å². The van der Waals surface area contributed by atoms with Crippen LogP contribution in [0.1, 0.15) is 33.6 Å². The lowest BCUT2D eigenvalue weighted by Crippen LogP contribution is -2.46. The summed E-state index contributed by atoms with van der Waals surface area (Å²) in [6.45, 7) is 5.55. The van der Waals surface area contributed by atoms with E-state index in [1.54, 1.807) is 13.0 Å². The summed E-state index contributed by atoms with van der Waals surface area (Å²) < 4.78 is 0. The molecule has 4 atom stereocenters. The minimum Gasteiger partial charge on any atom is -0.402 e. The minimum absolute atomic E-state index is 0.0266. The molecular weight excluding hydrogens is 326 g/mol. The summed E-state index contributed by atoms with van der Waals surface area (Å²) in [6.07, 6.45) is 6.99. The second-order valence-electron chi connectivity index (χ2n) is 7.24. The molecule has 0 aromatic carbocycles. The van der Waals surface area contributed by atoms with Crippen LogP contribution >= 0.6 is 0 Å². The number of allylic oxidation sites excluding steroid dienone is 6. The molecule has 2 aliphatic carbocycles. The molecular formula is C21H21N3O2. The number of nitrogens with two attached hydrogens (primary N) is 1. The van der Waals surface area contributed by atoms with Crippen molar-refractivity contribution in [2.75, 3.05) is 0 Å². The second kappa shape index (κ2) is 7.03. The third-order valence-electron chi connectivity index (χ3n) is 5.45. The number of carbonyl (C=O) groups excluding carboxylic acids is 2. The van der Waals surface area contributed by atoms with E-state index >= 15 is 0 Å². The van der Waals surface area contributed by atoms with Crippen molar-refractivity contribution < 1.29 is 9.59 Å². The fraction of sp³-hybridized carbons (Fsp3) is 0.429. The normalized spacial score (nSPS) is 31.8. The highest BCUT2D eigenvalue weighted by Gasteiger charge is 2.52. The first-order chi connectivity index (χ1) is 12.2. The zero-order valence-corrected chi connectivity index (χ0v) is 15.2. The Morgan fingerprint density at radius 1 is 1.46 bits per heavy atom. The van der Waals surface area contributed by atoms with E-state index < -0.39 is 10.8 Å². The van der Waals surface area contributed by atoms with Gasteiger partial charge in [0, 0.05) is 23.0 Å². The van der Waals surface area contributed by atoms with Crippen molar-refractivity contribution in [2.45, 2.75) is 33.6 Å². The van der Waals surface area contributed by atoms with Gasteiger partial charge in [0.1, 0.15) is 12.4 Å². The molecule has 0 saturated heterocycles. The molecule has 0 aromatic rings. The van der Waals surface area contributed by atoms with Gasteiger partial charge in [0.2, 0.25) is 0 Å². The summed E-state index contributed by atoms with van der Waals surface area (Å²) in [5.74, 6) is 4.72. The maximum absolute atomic E-state index is 12.4. The molecule has 0 amide bonds. The first-order valence-electron chi connectivity index (χ1n) is 8.45. The van der Waals surface area contributed by atoms with Gasteiger partial charge < -0.3 is 10.5 Å². The fourth-order valence-electron chi connectivity index (χ4n) is 4.41. The highest BCUT2D eigenvalue weighted by Crippen LogP contribution is 2.58. The SMILES string of the molecule is C/C(N)=C\C1(C)C2=CC(=O)C(C#N)=CC2(C#CC#N)CCC1C(C)C=O. The van der Waals surface area contributed by atoms with Crippen LogP contribution in [0.5, 0.6) is 0 Å². The molecule has 2 rings (SSSR count). The van der Waals surface area contributed by atoms with Gasteiger partial charge in [-0.3, -0.25) is 4.79 Å². The summed E-state index contributed by atoms with van der Waals surface area (Å²) in [5, 5.41) is 18.2.